The second-order valence-electron chi connectivity index (χ2n) is 3.56. The first-order valence-corrected chi connectivity index (χ1v) is 4.26. The molecule has 0 aromatic rings. The summed E-state index contributed by atoms with van der Waals surface area (Å²) in [4.78, 5) is 2.07. The van der Waals surface area contributed by atoms with Crippen LogP contribution in [-0.2, 0) is 0 Å². The van der Waals surface area contributed by atoms with Crippen molar-refractivity contribution in [1.29, 1.82) is 5.26 Å². The second kappa shape index (κ2) is 2.83. The lowest BCUT2D eigenvalue weighted by atomic mass is 9.91. The molecule has 2 heteroatoms. The van der Waals surface area contributed by atoms with Crippen molar-refractivity contribution < 1.29 is 0 Å². The molecule has 1 aliphatic rings. The molecule has 1 fully saturated rings. The number of hydrogen-bond acceptors (Lipinski definition) is 2. The minimum Gasteiger partial charge on any atom is -0.291 e. The average Bonchev–Trinajstić information content (AvgIpc) is 2.74. The zero-order valence-electron chi connectivity index (χ0n) is 7.59. The normalized spacial score (nSPS) is 22.8. The third kappa shape index (κ3) is 1.25. The highest BCUT2D eigenvalue weighted by molar-refractivity contribution is 5.14. The van der Waals surface area contributed by atoms with E-state index in [1.807, 2.05) is 14.1 Å². The standard InChI is InChI=1S/C9H16N2/c1-4-9(7-10,11(2)3)8-5-6-8/h8H,4-6H2,1-3H3. The van der Waals surface area contributed by atoms with E-state index in [9.17, 15) is 0 Å². The van der Waals surface area contributed by atoms with Crippen LogP contribution in [0.15, 0.2) is 0 Å². The molecule has 0 radical (unpaired) electrons. The predicted molar refractivity (Wildman–Crippen MR) is 45.0 cm³/mol. The van der Waals surface area contributed by atoms with E-state index in [-0.39, 0.29) is 5.54 Å². The first kappa shape index (κ1) is 8.55. The van der Waals surface area contributed by atoms with Crippen LogP contribution in [0.3, 0.4) is 0 Å². The smallest absolute Gasteiger partial charge is 0.111 e. The summed E-state index contributed by atoms with van der Waals surface area (Å²) in [5.74, 6) is 0.632. The van der Waals surface area contributed by atoms with Gasteiger partial charge in [0.2, 0.25) is 0 Å². The van der Waals surface area contributed by atoms with Crippen molar-refractivity contribution in [2.75, 3.05) is 14.1 Å². The van der Waals surface area contributed by atoms with Crippen molar-refractivity contribution in [3.63, 3.8) is 0 Å². The third-order valence-corrected chi connectivity index (χ3v) is 2.78. The highest BCUT2D eigenvalue weighted by Gasteiger charge is 2.45. The molecular weight excluding hydrogens is 136 g/mol. The summed E-state index contributed by atoms with van der Waals surface area (Å²) in [6, 6.07) is 2.45. The second-order valence-corrected chi connectivity index (χ2v) is 3.56. The van der Waals surface area contributed by atoms with E-state index in [4.69, 9.17) is 5.26 Å². The number of nitrogens with zero attached hydrogens (tertiary/aromatic N) is 2. The number of hydrogen-bond donors (Lipinski definition) is 0. The lowest BCUT2D eigenvalue weighted by Crippen LogP contribution is -2.44. The molecule has 2 nitrogen and oxygen atoms in total. The van der Waals surface area contributed by atoms with Crippen LogP contribution >= 0.6 is 0 Å². The SMILES string of the molecule is CCC(C#N)(C1CC1)N(C)C. The van der Waals surface area contributed by atoms with Gasteiger partial charge in [-0.25, -0.2) is 0 Å². The maximum Gasteiger partial charge on any atom is 0.111 e. The van der Waals surface area contributed by atoms with Crippen molar-refractivity contribution in [2.24, 2.45) is 5.92 Å². The molecule has 1 atom stereocenters. The molecule has 0 aliphatic heterocycles. The van der Waals surface area contributed by atoms with Crippen LogP contribution in [0.5, 0.6) is 0 Å². The maximum atomic E-state index is 9.07. The van der Waals surface area contributed by atoms with Crippen LogP contribution in [0.4, 0.5) is 0 Å². The Balaban J connectivity index is 2.76. The van der Waals surface area contributed by atoms with Crippen LogP contribution in [0, 0.1) is 17.2 Å². The van der Waals surface area contributed by atoms with Gasteiger partial charge in [0.1, 0.15) is 5.54 Å². The largest absolute Gasteiger partial charge is 0.291 e. The fourth-order valence-corrected chi connectivity index (χ4v) is 1.80. The van der Waals surface area contributed by atoms with Gasteiger partial charge in [0, 0.05) is 0 Å². The fraction of sp³-hybridized carbons (Fsp3) is 0.889. The van der Waals surface area contributed by atoms with Crippen LogP contribution in [-0.4, -0.2) is 24.5 Å². The van der Waals surface area contributed by atoms with Crippen molar-refractivity contribution in [1.82, 2.24) is 4.90 Å². The van der Waals surface area contributed by atoms with E-state index in [1.54, 1.807) is 0 Å². The number of nitriles is 1. The first-order chi connectivity index (χ1) is 5.17. The van der Waals surface area contributed by atoms with Crippen molar-refractivity contribution in [2.45, 2.75) is 31.7 Å². The van der Waals surface area contributed by atoms with Gasteiger partial charge in [-0.1, -0.05) is 6.92 Å². The van der Waals surface area contributed by atoms with Gasteiger partial charge in [0.15, 0.2) is 0 Å². The lowest BCUT2D eigenvalue weighted by Gasteiger charge is -2.32. The van der Waals surface area contributed by atoms with Gasteiger partial charge >= 0.3 is 0 Å². The molecule has 0 spiro atoms. The zero-order valence-corrected chi connectivity index (χ0v) is 7.59. The first-order valence-electron chi connectivity index (χ1n) is 4.26. The summed E-state index contributed by atoms with van der Waals surface area (Å²) in [5, 5.41) is 9.07. The summed E-state index contributed by atoms with van der Waals surface area (Å²) in [6.45, 7) is 2.10. The Morgan fingerprint density at radius 3 is 2.18 bits per heavy atom. The van der Waals surface area contributed by atoms with Crippen molar-refractivity contribution in [3.05, 3.63) is 0 Å². The summed E-state index contributed by atoms with van der Waals surface area (Å²) >= 11 is 0. The molecule has 0 bridgehead atoms. The summed E-state index contributed by atoms with van der Waals surface area (Å²) < 4.78 is 0. The molecule has 1 saturated carbocycles. The molecular formula is C9H16N2. The van der Waals surface area contributed by atoms with Gasteiger partial charge in [-0.05, 0) is 39.3 Å². The molecule has 1 rings (SSSR count). The topological polar surface area (TPSA) is 27.0 Å². The zero-order chi connectivity index (χ0) is 8.48. The Hall–Kier alpha value is -0.550. The Morgan fingerprint density at radius 1 is 1.55 bits per heavy atom. The van der Waals surface area contributed by atoms with Gasteiger partial charge in [0.05, 0.1) is 6.07 Å². The molecule has 0 amide bonds. The van der Waals surface area contributed by atoms with Crippen LogP contribution in [0.2, 0.25) is 0 Å². The molecule has 1 unspecified atom stereocenters. The van der Waals surface area contributed by atoms with Gasteiger partial charge in [-0.15, -0.1) is 0 Å². The predicted octanol–water partition coefficient (Wildman–Crippen LogP) is 1.63. The molecule has 0 aromatic carbocycles. The Bertz CT molecular complexity index is 172. The van der Waals surface area contributed by atoms with Crippen molar-refractivity contribution in [3.8, 4) is 6.07 Å². The Kier molecular flexibility index (Phi) is 2.20. The monoisotopic (exact) mass is 152 g/mol. The third-order valence-electron chi connectivity index (χ3n) is 2.78. The summed E-state index contributed by atoms with van der Waals surface area (Å²) in [7, 11) is 4.01. The van der Waals surface area contributed by atoms with Crippen LogP contribution < -0.4 is 0 Å². The van der Waals surface area contributed by atoms with Crippen LogP contribution in [0.25, 0.3) is 0 Å². The van der Waals surface area contributed by atoms with E-state index in [0.29, 0.717) is 5.92 Å². The summed E-state index contributed by atoms with van der Waals surface area (Å²) in [5.41, 5.74) is -0.167. The molecule has 62 valence electrons. The molecule has 0 heterocycles. The molecule has 0 saturated heterocycles. The average molecular weight is 152 g/mol. The van der Waals surface area contributed by atoms with Crippen molar-refractivity contribution >= 4 is 0 Å². The highest BCUT2D eigenvalue weighted by atomic mass is 15.2. The highest BCUT2D eigenvalue weighted by Crippen LogP contribution is 2.43. The molecule has 11 heavy (non-hydrogen) atoms. The molecule has 0 aromatic heterocycles. The van der Waals surface area contributed by atoms with Crippen LogP contribution in [0.1, 0.15) is 26.2 Å². The molecule has 1 aliphatic carbocycles. The maximum absolute atomic E-state index is 9.07. The van der Waals surface area contributed by atoms with E-state index in [1.165, 1.54) is 12.8 Å². The molecule has 0 N–H and O–H groups in total. The lowest BCUT2D eigenvalue weighted by molar-refractivity contribution is 0.180. The number of rotatable bonds is 3. The van der Waals surface area contributed by atoms with E-state index in [2.05, 4.69) is 17.9 Å². The van der Waals surface area contributed by atoms with E-state index < -0.39 is 0 Å². The fourth-order valence-electron chi connectivity index (χ4n) is 1.80. The Labute approximate surface area is 68.8 Å². The minimum absolute atomic E-state index is 0.167. The minimum atomic E-state index is -0.167. The Morgan fingerprint density at radius 2 is 2.09 bits per heavy atom. The van der Waals surface area contributed by atoms with Gasteiger partial charge < -0.3 is 0 Å². The van der Waals surface area contributed by atoms with Gasteiger partial charge in [0.25, 0.3) is 0 Å². The summed E-state index contributed by atoms with van der Waals surface area (Å²) in [6.07, 6.45) is 3.42. The van der Waals surface area contributed by atoms with E-state index in [0.717, 1.165) is 6.42 Å². The van der Waals surface area contributed by atoms with Gasteiger partial charge in [-0.2, -0.15) is 5.26 Å². The quantitative estimate of drug-likeness (QED) is 0.614. The van der Waals surface area contributed by atoms with Gasteiger partial charge in [-0.3, -0.25) is 4.90 Å². The van der Waals surface area contributed by atoms with E-state index >= 15 is 0 Å².